The van der Waals surface area contributed by atoms with Gasteiger partial charge in [-0.15, -0.1) is 0 Å². The van der Waals surface area contributed by atoms with Crippen LogP contribution < -0.4 is 10.2 Å². The molecule has 72 valence electrons. The van der Waals surface area contributed by atoms with Gasteiger partial charge in [0.25, 0.3) is 0 Å². The van der Waals surface area contributed by atoms with Crippen LogP contribution in [0.3, 0.4) is 0 Å². The highest BCUT2D eigenvalue weighted by Gasteiger charge is 2.09. The van der Waals surface area contributed by atoms with E-state index in [1.807, 2.05) is 13.8 Å². The number of hydrogen-bond acceptors (Lipinski definition) is 3. The normalized spacial score (nSPS) is 8.38. The van der Waals surface area contributed by atoms with E-state index >= 15 is 0 Å². The van der Waals surface area contributed by atoms with Crippen molar-refractivity contribution in [2.75, 3.05) is 7.11 Å². The monoisotopic (exact) mass is 182 g/mol. The van der Waals surface area contributed by atoms with E-state index in [-0.39, 0.29) is 0 Å². The van der Waals surface area contributed by atoms with Gasteiger partial charge in [-0.1, -0.05) is 26.0 Å². The number of methoxy groups -OCH3 is 1. The average molecular weight is 182 g/mol. The zero-order valence-corrected chi connectivity index (χ0v) is 8.19. The van der Waals surface area contributed by atoms with Crippen LogP contribution in [0.1, 0.15) is 13.8 Å². The van der Waals surface area contributed by atoms with Gasteiger partial charge < -0.3 is 14.8 Å². The van der Waals surface area contributed by atoms with Gasteiger partial charge in [0, 0.05) is 0 Å². The summed E-state index contributed by atoms with van der Waals surface area (Å²) < 4.78 is 4.89. The molecule has 0 bridgehead atoms. The van der Waals surface area contributed by atoms with Gasteiger partial charge in [0.1, 0.15) is 5.75 Å². The summed E-state index contributed by atoms with van der Waals surface area (Å²) in [6, 6.07) is 6.55. The fourth-order valence-electron chi connectivity index (χ4n) is 0.776. The molecule has 2 N–H and O–H groups in total. The Bertz CT molecular complexity index is 221. The molecule has 0 fully saturated rings. The summed E-state index contributed by atoms with van der Waals surface area (Å²) in [6.07, 6.45) is 0. The van der Waals surface area contributed by atoms with Crippen molar-refractivity contribution in [1.29, 1.82) is 0 Å². The Morgan fingerprint density at radius 2 is 1.54 bits per heavy atom. The number of hydrogen-bond donors (Lipinski definition) is 2. The summed E-state index contributed by atoms with van der Waals surface area (Å²) in [5.41, 5.74) is 0.464. The summed E-state index contributed by atoms with van der Waals surface area (Å²) in [4.78, 5) is 0. The van der Waals surface area contributed by atoms with Crippen molar-refractivity contribution in [3.63, 3.8) is 0 Å². The Morgan fingerprint density at radius 3 is 1.85 bits per heavy atom. The molecule has 0 atom stereocenters. The Hall–Kier alpha value is -0.995. The van der Waals surface area contributed by atoms with E-state index < -0.39 is 7.12 Å². The molecule has 0 unspecified atom stereocenters. The lowest BCUT2D eigenvalue weighted by atomic mass is 9.80. The van der Waals surface area contributed by atoms with E-state index in [1.165, 1.54) is 0 Å². The molecule has 0 spiro atoms. The van der Waals surface area contributed by atoms with Crippen LogP contribution in [0, 0.1) is 0 Å². The van der Waals surface area contributed by atoms with E-state index in [1.54, 1.807) is 31.4 Å². The molecule has 0 aliphatic carbocycles. The van der Waals surface area contributed by atoms with Crippen LogP contribution in [0.25, 0.3) is 0 Å². The van der Waals surface area contributed by atoms with Gasteiger partial charge in [-0.2, -0.15) is 0 Å². The maximum atomic E-state index is 8.70. The third-order valence-electron chi connectivity index (χ3n) is 1.41. The van der Waals surface area contributed by atoms with Crippen LogP contribution in [0.2, 0.25) is 0 Å². The van der Waals surface area contributed by atoms with Gasteiger partial charge in [0.15, 0.2) is 0 Å². The maximum Gasteiger partial charge on any atom is 0.488 e. The first-order chi connectivity index (χ1) is 6.24. The highest BCUT2D eigenvalue weighted by atomic mass is 16.5. The Kier molecular flexibility index (Phi) is 6.01. The molecule has 13 heavy (non-hydrogen) atoms. The van der Waals surface area contributed by atoms with Crippen molar-refractivity contribution in [3.05, 3.63) is 24.3 Å². The third kappa shape index (κ3) is 3.96. The van der Waals surface area contributed by atoms with Crippen molar-refractivity contribution >= 4 is 12.6 Å². The largest absolute Gasteiger partial charge is 0.497 e. The Balaban J connectivity index is 0.000000671. The van der Waals surface area contributed by atoms with Crippen molar-refractivity contribution in [2.45, 2.75) is 13.8 Å². The molecule has 1 aromatic rings. The molecule has 0 saturated carbocycles. The van der Waals surface area contributed by atoms with Gasteiger partial charge in [0.2, 0.25) is 0 Å². The molecule has 1 aromatic carbocycles. The Labute approximate surface area is 79.1 Å². The molecule has 3 nitrogen and oxygen atoms in total. The smallest absolute Gasteiger partial charge is 0.488 e. The minimum absolute atomic E-state index is 0.464. The van der Waals surface area contributed by atoms with Crippen LogP contribution in [-0.2, 0) is 0 Å². The fraction of sp³-hybridized carbons (Fsp3) is 0.333. The van der Waals surface area contributed by atoms with Gasteiger partial charge in [-0.05, 0) is 17.6 Å². The van der Waals surface area contributed by atoms with Gasteiger partial charge in [-0.25, -0.2) is 0 Å². The molecule has 0 aromatic heterocycles. The molecular formula is C9H15BO3. The molecule has 0 saturated heterocycles. The zero-order valence-electron chi connectivity index (χ0n) is 8.19. The predicted octanol–water partition coefficient (Wildman–Crippen LogP) is 0.401. The number of ether oxygens (including phenoxy) is 1. The van der Waals surface area contributed by atoms with E-state index in [2.05, 4.69) is 0 Å². The van der Waals surface area contributed by atoms with E-state index in [0.29, 0.717) is 11.2 Å². The molecule has 4 heteroatoms. The molecule has 0 radical (unpaired) electrons. The van der Waals surface area contributed by atoms with Crippen molar-refractivity contribution in [1.82, 2.24) is 0 Å². The van der Waals surface area contributed by atoms with E-state index in [4.69, 9.17) is 14.8 Å². The summed E-state index contributed by atoms with van der Waals surface area (Å²) in [7, 11) is 0.158. The highest BCUT2D eigenvalue weighted by molar-refractivity contribution is 6.58. The van der Waals surface area contributed by atoms with Crippen LogP contribution in [0.15, 0.2) is 24.3 Å². The van der Waals surface area contributed by atoms with Crippen LogP contribution in [0.4, 0.5) is 0 Å². The van der Waals surface area contributed by atoms with Crippen molar-refractivity contribution in [3.8, 4) is 5.75 Å². The summed E-state index contributed by atoms with van der Waals surface area (Å²) in [5, 5.41) is 17.4. The SMILES string of the molecule is CC.COc1ccc(B(O)O)cc1. The van der Waals surface area contributed by atoms with Gasteiger partial charge >= 0.3 is 7.12 Å². The van der Waals surface area contributed by atoms with Crippen LogP contribution >= 0.6 is 0 Å². The minimum Gasteiger partial charge on any atom is -0.497 e. The third-order valence-corrected chi connectivity index (χ3v) is 1.41. The van der Waals surface area contributed by atoms with Crippen molar-refractivity contribution < 1.29 is 14.8 Å². The molecule has 0 aliphatic rings. The maximum absolute atomic E-state index is 8.70. The number of rotatable bonds is 2. The van der Waals surface area contributed by atoms with E-state index in [0.717, 1.165) is 0 Å². The average Bonchev–Trinajstić information content (AvgIpc) is 2.21. The lowest BCUT2D eigenvalue weighted by Gasteiger charge is -2.00. The van der Waals surface area contributed by atoms with Crippen molar-refractivity contribution in [2.24, 2.45) is 0 Å². The highest BCUT2D eigenvalue weighted by Crippen LogP contribution is 2.05. The summed E-state index contributed by atoms with van der Waals surface area (Å²) in [5.74, 6) is 0.703. The first kappa shape index (κ1) is 12.0. The molecule has 0 amide bonds. The second-order valence-electron chi connectivity index (χ2n) is 2.15. The van der Waals surface area contributed by atoms with Gasteiger partial charge in [-0.3, -0.25) is 0 Å². The number of benzene rings is 1. The van der Waals surface area contributed by atoms with Gasteiger partial charge in [0.05, 0.1) is 7.11 Å². The van der Waals surface area contributed by atoms with Crippen LogP contribution in [-0.4, -0.2) is 24.3 Å². The predicted molar refractivity (Wildman–Crippen MR) is 54.2 cm³/mol. The second-order valence-corrected chi connectivity index (χ2v) is 2.15. The van der Waals surface area contributed by atoms with E-state index in [9.17, 15) is 0 Å². The first-order valence-corrected chi connectivity index (χ1v) is 4.24. The van der Waals surface area contributed by atoms with Crippen LogP contribution in [0.5, 0.6) is 5.75 Å². The lowest BCUT2D eigenvalue weighted by molar-refractivity contribution is 0.414. The second kappa shape index (κ2) is 6.51. The summed E-state index contributed by atoms with van der Waals surface area (Å²) >= 11 is 0. The quantitative estimate of drug-likeness (QED) is 0.651. The standard InChI is InChI=1S/C7H9BO3.C2H6/c1-11-7-4-2-6(3-5-7)8(9)10;1-2/h2-5,9-10H,1H3;1-2H3. The fourth-order valence-corrected chi connectivity index (χ4v) is 0.776. The zero-order chi connectivity index (χ0) is 10.3. The molecule has 0 heterocycles. The lowest BCUT2D eigenvalue weighted by Crippen LogP contribution is -2.29. The minimum atomic E-state index is -1.40. The first-order valence-electron chi connectivity index (χ1n) is 4.24. The summed E-state index contributed by atoms with van der Waals surface area (Å²) in [6.45, 7) is 4.00. The molecule has 1 rings (SSSR count). The molecular weight excluding hydrogens is 167 g/mol. The Morgan fingerprint density at radius 1 is 1.08 bits per heavy atom. The molecule has 0 aliphatic heterocycles. The topological polar surface area (TPSA) is 49.7 Å².